The number of fused-ring (bicyclic) bond motifs is 4. The number of anilines is 1. The van der Waals surface area contributed by atoms with Gasteiger partial charge in [0.1, 0.15) is 28.0 Å². The molecule has 1 saturated heterocycles. The topological polar surface area (TPSA) is 110 Å². The third-order valence-electron chi connectivity index (χ3n) is 9.14. The van der Waals surface area contributed by atoms with E-state index in [2.05, 4.69) is 26.3 Å². The van der Waals surface area contributed by atoms with Crippen molar-refractivity contribution >= 4 is 43.4 Å². The first-order chi connectivity index (χ1) is 23.0. The Kier molecular flexibility index (Phi) is 8.30. The van der Waals surface area contributed by atoms with Crippen LogP contribution in [0, 0.1) is 28.4 Å². The summed E-state index contributed by atoms with van der Waals surface area (Å²) < 4.78 is 63.3. The largest absolute Gasteiger partial charge is 0.463 e. The van der Waals surface area contributed by atoms with Gasteiger partial charge in [0.2, 0.25) is 0 Å². The SMILES string of the molecule is CC(C)(C)OC(=O)Nc1sc2ccc(F)c(-c3c4c(c5cnc(OCC6(CN7CCC(=CF)CC7)CC6)nc5c3F)COC4)c2c1C#N. The minimum absolute atomic E-state index is 0.00499. The molecule has 2 aromatic carbocycles. The van der Waals surface area contributed by atoms with Crippen LogP contribution in [0.2, 0.25) is 0 Å². The molecule has 250 valence electrons. The van der Waals surface area contributed by atoms with E-state index in [1.54, 1.807) is 20.8 Å². The van der Waals surface area contributed by atoms with Crippen LogP contribution in [0.15, 0.2) is 30.2 Å². The first kappa shape index (κ1) is 32.3. The number of aromatic nitrogens is 2. The summed E-state index contributed by atoms with van der Waals surface area (Å²) in [6.45, 7) is 8.08. The zero-order chi connectivity index (χ0) is 33.8. The fraction of sp³-hybridized carbons (Fsp3) is 0.429. The van der Waals surface area contributed by atoms with E-state index in [4.69, 9.17) is 14.2 Å². The minimum atomic E-state index is -0.782. The van der Waals surface area contributed by atoms with Gasteiger partial charge in [-0.3, -0.25) is 5.32 Å². The molecule has 13 heteroatoms. The van der Waals surface area contributed by atoms with Crippen LogP contribution in [0.5, 0.6) is 6.01 Å². The Bertz CT molecular complexity index is 2020. The Morgan fingerprint density at radius 2 is 1.94 bits per heavy atom. The van der Waals surface area contributed by atoms with Crippen LogP contribution >= 0.6 is 11.3 Å². The lowest BCUT2D eigenvalue weighted by molar-refractivity contribution is 0.0636. The van der Waals surface area contributed by atoms with Gasteiger partial charge in [-0.1, -0.05) is 0 Å². The molecular formula is C35H34F3N5O4S. The van der Waals surface area contributed by atoms with E-state index >= 15 is 8.78 Å². The molecule has 0 radical (unpaired) electrons. The van der Waals surface area contributed by atoms with Gasteiger partial charge < -0.3 is 19.1 Å². The molecule has 0 atom stereocenters. The van der Waals surface area contributed by atoms with E-state index in [1.165, 1.54) is 18.3 Å². The molecule has 2 aliphatic heterocycles. The number of nitrogens with one attached hydrogen (secondary N) is 1. The van der Waals surface area contributed by atoms with Crippen LogP contribution in [0.4, 0.5) is 23.0 Å². The van der Waals surface area contributed by atoms with E-state index in [1.807, 2.05) is 0 Å². The standard InChI is InChI=1S/C35H34F3N5O4S/c1-34(2,3)47-33(44)42-31-20(13-39)26-25(48-31)5-4-24(37)28(26)27-23-16-45-15-22(23)21-14-40-32(41-30(21)29(27)38)46-18-35(8-9-35)17-43-10-6-19(12-36)7-11-43/h4-5,12,14H,6-11,15-18H2,1-3H3,(H,42,44). The molecule has 1 N–H and O–H groups in total. The lowest BCUT2D eigenvalue weighted by Gasteiger charge is -2.31. The molecule has 3 aliphatic rings. The Hall–Kier alpha value is -4.25. The first-order valence-electron chi connectivity index (χ1n) is 15.9. The van der Waals surface area contributed by atoms with Gasteiger partial charge in [-0.15, -0.1) is 11.3 Å². The fourth-order valence-electron chi connectivity index (χ4n) is 6.55. The maximum absolute atomic E-state index is 16.8. The predicted octanol–water partition coefficient (Wildman–Crippen LogP) is 8.15. The number of nitrogens with zero attached hydrogens (tertiary/aromatic N) is 4. The predicted molar refractivity (Wildman–Crippen MR) is 175 cm³/mol. The van der Waals surface area contributed by atoms with Crippen LogP contribution in [0.1, 0.15) is 63.1 Å². The average Bonchev–Trinajstić information content (AvgIpc) is 3.47. The van der Waals surface area contributed by atoms with Crippen molar-refractivity contribution in [2.45, 2.75) is 65.3 Å². The normalized spacial score (nSPS) is 17.3. The van der Waals surface area contributed by atoms with Gasteiger partial charge in [-0.25, -0.2) is 22.9 Å². The van der Waals surface area contributed by atoms with Crippen molar-refractivity contribution in [2.75, 3.05) is 31.6 Å². The number of nitriles is 1. The van der Waals surface area contributed by atoms with Crippen molar-refractivity contribution in [1.82, 2.24) is 14.9 Å². The van der Waals surface area contributed by atoms with Crippen molar-refractivity contribution in [2.24, 2.45) is 5.41 Å². The molecule has 48 heavy (non-hydrogen) atoms. The number of likely N-dealkylation sites (tertiary alicyclic amines) is 1. The third-order valence-corrected chi connectivity index (χ3v) is 10.2. The molecule has 1 amide bonds. The Labute approximate surface area is 279 Å². The second kappa shape index (κ2) is 12.3. The highest BCUT2D eigenvalue weighted by molar-refractivity contribution is 7.23. The zero-order valence-corrected chi connectivity index (χ0v) is 27.7. The molecule has 1 saturated carbocycles. The van der Waals surface area contributed by atoms with Gasteiger partial charge in [-0.2, -0.15) is 10.2 Å². The third kappa shape index (κ3) is 6.08. The summed E-state index contributed by atoms with van der Waals surface area (Å²) in [6, 6.07) is 4.81. The van der Waals surface area contributed by atoms with E-state index in [9.17, 15) is 14.4 Å². The summed E-state index contributed by atoms with van der Waals surface area (Å²) in [4.78, 5) is 23.8. The number of benzene rings is 2. The van der Waals surface area contributed by atoms with Crippen LogP contribution in [-0.2, 0) is 22.7 Å². The second-order valence-electron chi connectivity index (χ2n) is 13.7. The van der Waals surface area contributed by atoms with E-state index in [-0.39, 0.29) is 57.2 Å². The van der Waals surface area contributed by atoms with Crippen molar-refractivity contribution < 1.29 is 32.2 Å². The molecule has 0 bridgehead atoms. The summed E-state index contributed by atoms with van der Waals surface area (Å²) in [5, 5.41) is 13.6. The quantitative estimate of drug-likeness (QED) is 0.209. The number of piperidine rings is 1. The number of amides is 1. The number of hydrogen-bond acceptors (Lipinski definition) is 9. The molecule has 2 aromatic heterocycles. The highest BCUT2D eigenvalue weighted by atomic mass is 32.1. The molecule has 4 heterocycles. The summed E-state index contributed by atoms with van der Waals surface area (Å²) in [5.74, 6) is -1.52. The van der Waals surface area contributed by atoms with Crippen LogP contribution in [-0.4, -0.2) is 52.8 Å². The van der Waals surface area contributed by atoms with E-state index < -0.39 is 23.3 Å². The number of hydrogen-bond donors (Lipinski definition) is 1. The molecule has 0 spiro atoms. The summed E-state index contributed by atoms with van der Waals surface area (Å²) in [6.07, 6.45) is 4.84. The Morgan fingerprint density at radius 1 is 1.19 bits per heavy atom. The van der Waals surface area contributed by atoms with Crippen molar-refractivity contribution in [1.29, 1.82) is 5.26 Å². The molecule has 2 fully saturated rings. The highest BCUT2D eigenvalue weighted by Gasteiger charge is 2.45. The van der Waals surface area contributed by atoms with Crippen LogP contribution in [0.25, 0.3) is 32.1 Å². The summed E-state index contributed by atoms with van der Waals surface area (Å²) in [7, 11) is 0. The van der Waals surface area contributed by atoms with Gasteiger partial charge in [0, 0.05) is 57.8 Å². The first-order valence-corrected chi connectivity index (χ1v) is 16.7. The van der Waals surface area contributed by atoms with Gasteiger partial charge in [0.05, 0.1) is 31.7 Å². The lowest BCUT2D eigenvalue weighted by Crippen LogP contribution is -2.37. The maximum atomic E-state index is 16.8. The zero-order valence-electron chi connectivity index (χ0n) is 26.8. The van der Waals surface area contributed by atoms with Gasteiger partial charge in [0.15, 0.2) is 5.82 Å². The number of rotatable bonds is 7. The Balaban J connectivity index is 1.24. The monoisotopic (exact) mass is 677 g/mol. The second-order valence-corrected chi connectivity index (χ2v) is 14.8. The van der Waals surface area contributed by atoms with Crippen LogP contribution < -0.4 is 10.1 Å². The average molecular weight is 678 g/mol. The number of thiophene rings is 1. The Morgan fingerprint density at radius 3 is 2.62 bits per heavy atom. The minimum Gasteiger partial charge on any atom is -0.463 e. The van der Waals surface area contributed by atoms with Gasteiger partial charge >= 0.3 is 12.1 Å². The maximum Gasteiger partial charge on any atom is 0.412 e. The van der Waals surface area contributed by atoms with Gasteiger partial charge in [0.25, 0.3) is 0 Å². The van der Waals surface area contributed by atoms with Gasteiger partial charge in [-0.05, 0) is 75.3 Å². The number of carbonyl (C=O) groups excluding carboxylic acids is 1. The summed E-state index contributed by atoms with van der Waals surface area (Å²) >= 11 is 1.07. The number of ether oxygens (including phenoxy) is 3. The lowest BCUT2D eigenvalue weighted by atomic mass is 9.90. The number of halogens is 3. The van der Waals surface area contributed by atoms with E-state index in [0.717, 1.165) is 55.7 Å². The molecule has 0 unspecified atom stereocenters. The molecule has 4 aromatic rings. The van der Waals surface area contributed by atoms with Crippen molar-refractivity contribution in [3.05, 3.63) is 58.6 Å². The molecule has 9 nitrogen and oxygen atoms in total. The van der Waals surface area contributed by atoms with E-state index in [0.29, 0.717) is 40.7 Å². The highest BCUT2D eigenvalue weighted by Crippen LogP contribution is 2.48. The van der Waals surface area contributed by atoms with Crippen molar-refractivity contribution in [3.63, 3.8) is 0 Å². The molecular weight excluding hydrogens is 643 g/mol. The number of carbonyl (C=O) groups is 1. The molecule has 7 rings (SSSR count). The van der Waals surface area contributed by atoms with Crippen LogP contribution in [0.3, 0.4) is 0 Å². The molecule has 1 aliphatic carbocycles. The fourth-order valence-corrected chi connectivity index (χ4v) is 7.60. The van der Waals surface area contributed by atoms with Crippen molar-refractivity contribution in [3.8, 4) is 23.2 Å². The smallest absolute Gasteiger partial charge is 0.412 e. The summed E-state index contributed by atoms with van der Waals surface area (Å²) in [5.41, 5.74) is 0.872.